The van der Waals surface area contributed by atoms with Crippen molar-refractivity contribution in [3.8, 4) is 0 Å². The van der Waals surface area contributed by atoms with Crippen LogP contribution in [0.15, 0.2) is 21.2 Å². The second kappa shape index (κ2) is 5.40. The first-order valence-electron chi connectivity index (χ1n) is 6.67. The Kier molecular flexibility index (Phi) is 3.60. The summed E-state index contributed by atoms with van der Waals surface area (Å²) >= 11 is 3.39. The van der Waals surface area contributed by atoms with E-state index >= 15 is 0 Å². The van der Waals surface area contributed by atoms with Gasteiger partial charge in [0.1, 0.15) is 5.69 Å². The van der Waals surface area contributed by atoms with E-state index in [4.69, 9.17) is 4.42 Å². The molecule has 0 aliphatic heterocycles. The number of nitrogens with zero attached hydrogens (tertiary/aromatic N) is 3. The molecule has 20 heavy (non-hydrogen) atoms. The zero-order valence-electron chi connectivity index (χ0n) is 11.1. The molecule has 1 N–H and O–H groups in total. The van der Waals surface area contributed by atoms with Crippen LogP contribution in [0, 0.1) is 0 Å². The van der Waals surface area contributed by atoms with Crippen LogP contribution in [-0.2, 0) is 6.54 Å². The molecule has 0 spiro atoms. The van der Waals surface area contributed by atoms with Crippen LogP contribution in [0.1, 0.15) is 48.5 Å². The van der Waals surface area contributed by atoms with Gasteiger partial charge in [-0.05, 0) is 41.3 Å². The van der Waals surface area contributed by atoms with Gasteiger partial charge in [-0.2, -0.15) is 0 Å². The molecule has 0 atom stereocenters. The second-order valence-electron chi connectivity index (χ2n) is 4.91. The number of aryl methyl sites for hydroxylation is 1. The van der Waals surface area contributed by atoms with Gasteiger partial charge < -0.3 is 8.98 Å². The van der Waals surface area contributed by atoms with Gasteiger partial charge in [0, 0.05) is 23.1 Å². The molecule has 2 heterocycles. The molecule has 3 rings (SSSR count). The highest BCUT2D eigenvalue weighted by Crippen LogP contribution is 2.39. The topological polar surface area (TPSA) is 73.0 Å². The fourth-order valence-electron chi connectivity index (χ4n) is 2.03. The van der Waals surface area contributed by atoms with Gasteiger partial charge in [-0.3, -0.25) is 10.1 Å². The van der Waals surface area contributed by atoms with Gasteiger partial charge in [0.15, 0.2) is 0 Å². The Morgan fingerprint density at radius 2 is 2.35 bits per heavy atom. The molecule has 1 saturated carbocycles. The van der Waals surface area contributed by atoms with Crippen molar-refractivity contribution in [2.45, 2.75) is 38.6 Å². The van der Waals surface area contributed by atoms with Gasteiger partial charge in [0.25, 0.3) is 5.91 Å². The van der Waals surface area contributed by atoms with E-state index in [1.165, 1.54) is 0 Å². The number of halogens is 1. The van der Waals surface area contributed by atoms with Crippen molar-refractivity contribution >= 4 is 27.9 Å². The van der Waals surface area contributed by atoms with Crippen molar-refractivity contribution in [2.24, 2.45) is 0 Å². The normalized spacial score (nSPS) is 14.5. The predicted molar refractivity (Wildman–Crippen MR) is 76.6 cm³/mol. The van der Waals surface area contributed by atoms with Crippen molar-refractivity contribution in [2.75, 3.05) is 5.32 Å². The molecule has 1 fully saturated rings. The highest BCUT2D eigenvalue weighted by Gasteiger charge is 2.29. The summed E-state index contributed by atoms with van der Waals surface area (Å²) < 4.78 is 8.21. The Morgan fingerprint density at radius 1 is 1.55 bits per heavy atom. The number of hydrogen-bond donors (Lipinski definition) is 1. The number of anilines is 1. The zero-order chi connectivity index (χ0) is 14.1. The van der Waals surface area contributed by atoms with Gasteiger partial charge in [0.05, 0.1) is 0 Å². The molecule has 7 heteroatoms. The molecule has 0 saturated heterocycles. The first kappa shape index (κ1) is 13.4. The fourth-order valence-corrected chi connectivity index (χ4v) is 2.50. The summed E-state index contributed by atoms with van der Waals surface area (Å²) in [5, 5.41) is 10.4. The summed E-state index contributed by atoms with van der Waals surface area (Å²) in [4.78, 5) is 12.2. The Morgan fingerprint density at radius 3 is 3.05 bits per heavy atom. The Labute approximate surface area is 124 Å². The average molecular weight is 339 g/mol. The lowest BCUT2D eigenvalue weighted by atomic mass is 10.4. The zero-order valence-corrected chi connectivity index (χ0v) is 12.7. The number of carbonyl (C=O) groups is 1. The van der Waals surface area contributed by atoms with Gasteiger partial charge >= 0.3 is 6.01 Å². The average Bonchev–Trinajstić information content (AvgIpc) is 3.05. The van der Waals surface area contributed by atoms with E-state index in [-0.39, 0.29) is 11.9 Å². The number of aromatic nitrogens is 3. The molecule has 0 aromatic carbocycles. The quantitative estimate of drug-likeness (QED) is 0.908. The summed E-state index contributed by atoms with van der Waals surface area (Å²) in [6.07, 6.45) is 5.01. The maximum absolute atomic E-state index is 12.2. The van der Waals surface area contributed by atoms with Crippen LogP contribution in [0.5, 0.6) is 0 Å². The first-order valence-corrected chi connectivity index (χ1v) is 7.47. The van der Waals surface area contributed by atoms with Crippen LogP contribution in [-0.4, -0.2) is 20.7 Å². The molecule has 106 valence electrons. The molecule has 1 amide bonds. The predicted octanol–water partition coefficient (Wildman–Crippen LogP) is 3.17. The Hall–Kier alpha value is -1.63. The summed E-state index contributed by atoms with van der Waals surface area (Å²) in [5.41, 5.74) is 0.574. The monoisotopic (exact) mass is 338 g/mol. The molecule has 1 aliphatic rings. The molecular weight excluding hydrogens is 324 g/mol. The highest BCUT2D eigenvalue weighted by atomic mass is 79.9. The third-order valence-electron chi connectivity index (χ3n) is 3.15. The lowest BCUT2D eigenvalue weighted by Gasteiger charge is -2.06. The lowest BCUT2D eigenvalue weighted by molar-refractivity contribution is 0.101. The van der Waals surface area contributed by atoms with Crippen molar-refractivity contribution in [3.63, 3.8) is 0 Å². The van der Waals surface area contributed by atoms with E-state index < -0.39 is 0 Å². The maximum Gasteiger partial charge on any atom is 0.322 e. The lowest BCUT2D eigenvalue weighted by Crippen LogP contribution is -2.17. The molecule has 0 unspecified atom stereocenters. The van der Waals surface area contributed by atoms with Crippen molar-refractivity contribution < 1.29 is 9.21 Å². The van der Waals surface area contributed by atoms with E-state index in [2.05, 4.69) is 38.4 Å². The Balaban J connectivity index is 1.74. The van der Waals surface area contributed by atoms with Crippen LogP contribution in [0.3, 0.4) is 0 Å². The third-order valence-corrected chi connectivity index (χ3v) is 3.58. The molecule has 1 aliphatic carbocycles. The number of carbonyl (C=O) groups excluding carboxylic acids is 1. The Bertz CT molecular complexity index is 630. The molecule has 2 aromatic heterocycles. The van der Waals surface area contributed by atoms with Crippen LogP contribution < -0.4 is 5.32 Å². The number of hydrogen-bond acceptors (Lipinski definition) is 4. The van der Waals surface area contributed by atoms with Gasteiger partial charge in [0.2, 0.25) is 5.89 Å². The number of amides is 1. The minimum Gasteiger partial charge on any atom is -0.408 e. The van der Waals surface area contributed by atoms with E-state index in [0.717, 1.165) is 30.3 Å². The second-order valence-corrected chi connectivity index (χ2v) is 5.83. The smallest absolute Gasteiger partial charge is 0.322 e. The molecule has 0 bridgehead atoms. The fraction of sp³-hybridized carbons (Fsp3) is 0.462. The minimum absolute atomic E-state index is 0.164. The number of nitrogens with one attached hydrogen (secondary N) is 1. The van der Waals surface area contributed by atoms with Crippen LogP contribution in [0.25, 0.3) is 0 Å². The summed E-state index contributed by atoms with van der Waals surface area (Å²) in [7, 11) is 0. The molecular formula is C13H15BrN4O2. The summed E-state index contributed by atoms with van der Waals surface area (Å²) in [5.74, 6) is 0.756. The van der Waals surface area contributed by atoms with Gasteiger partial charge in [-0.1, -0.05) is 12.0 Å². The minimum atomic E-state index is -0.241. The highest BCUT2D eigenvalue weighted by molar-refractivity contribution is 9.10. The molecule has 2 aromatic rings. The van der Waals surface area contributed by atoms with Gasteiger partial charge in [-0.25, -0.2) is 0 Å². The molecule has 0 radical (unpaired) electrons. The van der Waals surface area contributed by atoms with E-state index in [1.54, 1.807) is 6.07 Å². The van der Waals surface area contributed by atoms with E-state index in [9.17, 15) is 4.79 Å². The van der Waals surface area contributed by atoms with Crippen LogP contribution in [0.2, 0.25) is 0 Å². The maximum atomic E-state index is 12.2. The van der Waals surface area contributed by atoms with Crippen molar-refractivity contribution in [1.29, 1.82) is 0 Å². The van der Waals surface area contributed by atoms with Gasteiger partial charge in [-0.15, -0.1) is 5.10 Å². The van der Waals surface area contributed by atoms with Crippen molar-refractivity contribution in [3.05, 3.63) is 28.3 Å². The number of rotatable bonds is 5. The van der Waals surface area contributed by atoms with Crippen molar-refractivity contribution in [1.82, 2.24) is 14.8 Å². The van der Waals surface area contributed by atoms with E-state index in [1.807, 2.05) is 10.8 Å². The third kappa shape index (κ3) is 2.77. The summed E-state index contributed by atoms with van der Waals surface area (Å²) in [6.45, 7) is 2.85. The SMILES string of the molecule is CCCn1cc(Br)cc1C(=O)Nc1nnc(C2CC2)o1. The largest absolute Gasteiger partial charge is 0.408 e. The first-order chi connectivity index (χ1) is 9.67. The van der Waals surface area contributed by atoms with E-state index in [0.29, 0.717) is 17.5 Å². The van der Waals surface area contributed by atoms with Crippen LogP contribution >= 0.6 is 15.9 Å². The molecule has 6 nitrogen and oxygen atoms in total. The summed E-state index contributed by atoms with van der Waals surface area (Å²) in [6, 6.07) is 1.95. The standard InChI is InChI=1S/C13H15BrN4O2/c1-2-5-18-7-9(14)6-10(18)11(19)15-13-17-16-12(20-13)8-3-4-8/h6-8H,2-5H2,1H3,(H,15,17,19). The van der Waals surface area contributed by atoms with Crippen LogP contribution in [0.4, 0.5) is 6.01 Å².